The number of allylic oxidation sites excluding steroid dienone is 1. The Morgan fingerprint density at radius 3 is 2.39 bits per heavy atom. The van der Waals surface area contributed by atoms with Gasteiger partial charge >= 0.3 is 11.9 Å². The van der Waals surface area contributed by atoms with Gasteiger partial charge in [0.1, 0.15) is 11.9 Å². The Hall–Kier alpha value is -2.25. The lowest BCUT2D eigenvalue weighted by molar-refractivity contribution is -0.155. The molecule has 0 aromatic heterocycles. The molecular formula is C34H52FNO5. The summed E-state index contributed by atoms with van der Waals surface area (Å²) < 4.78 is 24.6. The van der Waals surface area contributed by atoms with Gasteiger partial charge in [0.2, 0.25) is 0 Å². The molecule has 0 bridgehead atoms. The summed E-state index contributed by atoms with van der Waals surface area (Å²) in [5, 5.41) is 10.9. The van der Waals surface area contributed by atoms with Gasteiger partial charge in [-0.15, -0.1) is 0 Å². The Labute approximate surface area is 246 Å². The molecule has 1 heterocycles. The van der Waals surface area contributed by atoms with E-state index in [9.17, 15) is 19.1 Å². The monoisotopic (exact) mass is 573 g/mol. The summed E-state index contributed by atoms with van der Waals surface area (Å²) >= 11 is 0. The Morgan fingerprint density at radius 1 is 1.00 bits per heavy atom. The van der Waals surface area contributed by atoms with E-state index in [2.05, 4.69) is 24.8 Å². The average Bonchev–Trinajstić information content (AvgIpc) is 3.67. The van der Waals surface area contributed by atoms with Gasteiger partial charge < -0.3 is 14.6 Å². The zero-order valence-electron chi connectivity index (χ0n) is 25.4. The number of likely N-dealkylation sites (tertiary alicyclic amines) is 1. The van der Waals surface area contributed by atoms with Crippen molar-refractivity contribution in [1.29, 1.82) is 0 Å². The normalized spacial score (nSPS) is 25.0. The van der Waals surface area contributed by atoms with Gasteiger partial charge in [-0.3, -0.25) is 14.5 Å². The first-order chi connectivity index (χ1) is 19.9. The molecule has 7 heteroatoms. The summed E-state index contributed by atoms with van der Waals surface area (Å²) in [4.78, 5) is 27.8. The summed E-state index contributed by atoms with van der Waals surface area (Å²) in [6.45, 7) is 4.47. The Morgan fingerprint density at radius 2 is 1.68 bits per heavy atom. The van der Waals surface area contributed by atoms with Crippen LogP contribution in [0.1, 0.15) is 115 Å². The van der Waals surface area contributed by atoms with Crippen molar-refractivity contribution in [3.63, 3.8) is 0 Å². The predicted octanol–water partition coefficient (Wildman–Crippen LogP) is 7.10. The highest BCUT2D eigenvalue weighted by Crippen LogP contribution is 2.51. The molecular weight excluding hydrogens is 521 g/mol. The van der Waals surface area contributed by atoms with E-state index in [0.717, 1.165) is 37.7 Å². The summed E-state index contributed by atoms with van der Waals surface area (Å²) in [7, 11) is 1.39. The lowest BCUT2D eigenvalue weighted by atomic mass is 9.75. The number of carbonyl (C=O) groups excluding carboxylic acids is 2. The molecule has 41 heavy (non-hydrogen) atoms. The van der Waals surface area contributed by atoms with Crippen molar-refractivity contribution in [1.82, 2.24) is 4.90 Å². The molecule has 3 rings (SSSR count). The molecule has 2 fully saturated rings. The largest absolute Gasteiger partial charge is 0.469 e. The van der Waals surface area contributed by atoms with Crippen molar-refractivity contribution in [2.45, 2.75) is 134 Å². The number of halogens is 1. The molecule has 0 spiro atoms. The van der Waals surface area contributed by atoms with Crippen molar-refractivity contribution in [3.05, 3.63) is 47.8 Å². The SMILES string of the molecule is CCCCCCCC/C=C\CC(O)C(CCCCC)OC(=O)CN1C2CCC(C(=O)OC)[C@@H](c3ccc(F)cc3)[C@@H]21. The standard InChI is InChI=1S/C34H52FNO5/c1-4-6-8-9-10-11-12-13-15-16-29(37)30(17-14-7-5-2)41-31(38)24-36-28-23-22-27(34(39)40-3)32(33(28)36)25-18-20-26(35)21-19-25/h13,15,18-21,27-30,32-33,37H,4-12,14,16-17,22-24H2,1-3H3/b15-13-/t27?,28?,29?,30?,32-,33-,36?/m1/s1. The molecule has 1 saturated carbocycles. The van der Waals surface area contributed by atoms with Crippen molar-refractivity contribution in [3.8, 4) is 0 Å². The van der Waals surface area contributed by atoms with E-state index in [1.54, 1.807) is 12.1 Å². The maximum Gasteiger partial charge on any atom is 0.320 e. The van der Waals surface area contributed by atoms with Crippen LogP contribution in [-0.4, -0.2) is 59.9 Å². The lowest BCUT2D eigenvalue weighted by Gasteiger charge is -2.28. The number of aliphatic hydroxyl groups is 1. The fourth-order valence-electron chi connectivity index (χ4n) is 6.49. The number of aliphatic hydroxyl groups excluding tert-OH is 1. The number of methoxy groups -OCH3 is 1. The number of hydrogen-bond acceptors (Lipinski definition) is 6. The molecule has 1 aliphatic carbocycles. The molecule has 0 amide bonds. The minimum absolute atomic E-state index is 0.000711. The number of fused-ring (bicyclic) bond motifs is 1. The number of ether oxygens (including phenoxy) is 2. The van der Waals surface area contributed by atoms with Crippen LogP contribution in [0.4, 0.5) is 4.39 Å². The highest BCUT2D eigenvalue weighted by molar-refractivity contribution is 5.75. The van der Waals surface area contributed by atoms with E-state index < -0.39 is 12.2 Å². The van der Waals surface area contributed by atoms with Crippen molar-refractivity contribution < 1.29 is 28.6 Å². The summed E-state index contributed by atoms with van der Waals surface area (Å²) in [6.07, 6.45) is 17.0. The van der Waals surface area contributed by atoms with Crippen LogP contribution in [0.5, 0.6) is 0 Å². The summed E-state index contributed by atoms with van der Waals surface area (Å²) in [6, 6.07) is 6.46. The van der Waals surface area contributed by atoms with Crippen LogP contribution in [0.15, 0.2) is 36.4 Å². The Balaban J connectivity index is 1.55. The number of unbranched alkanes of at least 4 members (excludes halogenated alkanes) is 8. The first kappa shape index (κ1) is 33.3. The van der Waals surface area contributed by atoms with Crippen LogP contribution in [-0.2, 0) is 19.1 Å². The molecule has 5 unspecified atom stereocenters. The molecule has 1 aliphatic heterocycles. The highest BCUT2D eigenvalue weighted by atomic mass is 19.1. The molecule has 0 radical (unpaired) electrons. The number of hydrogen-bond donors (Lipinski definition) is 1. The van der Waals surface area contributed by atoms with Gasteiger partial charge in [-0.25, -0.2) is 4.39 Å². The fraction of sp³-hybridized carbons (Fsp3) is 0.706. The molecule has 2 aliphatic rings. The van der Waals surface area contributed by atoms with Crippen LogP contribution >= 0.6 is 0 Å². The van der Waals surface area contributed by atoms with Crippen molar-refractivity contribution in [2.75, 3.05) is 13.7 Å². The number of rotatable bonds is 19. The second-order valence-corrected chi connectivity index (χ2v) is 11.9. The van der Waals surface area contributed by atoms with Crippen molar-refractivity contribution >= 4 is 11.9 Å². The third-order valence-electron chi connectivity index (χ3n) is 8.83. The Bertz CT molecular complexity index is 951. The van der Waals surface area contributed by atoms with Crippen LogP contribution in [0.2, 0.25) is 0 Å². The van der Waals surface area contributed by atoms with E-state index in [1.807, 2.05) is 6.08 Å². The molecule has 6 nitrogen and oxygen atoms in total. The van der Waals surface area contributed by atoms with Gasteiger partial charge in [0, 0.05) is 18.0 Å². The highest BCUT2D eigenvalue weighted by Gasteiger charge is 2.59. The zero-order valence-corrected chi connectivity index (χ0v) is 25.4. The van der Waals surface area contributed by atoms with Crippen LogP contribution < -0.4 is 0 Å². The summed E-state index contributed by atoms with van der Waals surface area (Å²) in [5.74, 6) is -1.44. The van der Waals surface area contributed by atoms with E-state index in [0.29, 0.717) is 19.3 Å². The van der Waals surface area contributed by atoms with Gasteiger partial charge in [-0.1, -0.05) is 83.1 Å². The second-order valence-electron chi connectivity index (χ2n) is 11.9. The van der Waals surface area contributed by atoms with E-state index in [1.165, 1.54) is 57.8 Å². The fourth-order valence-corrected chi connectivity index (χ4v) is 6.49. The Kier molecular flexibility index (Phi) is 14.3. The maximum absolute atomic E-state index is 13.6. The van der Waals surface area contributed by atoms with Gasteiger partial charge in [-0.05, 0) is 62.6 Å². The molecule has 1 N–H and O–H groups in total. The zero-order chi connectivity index (χ0) is 29.6. The summed E-state index contributed by atoms with van der Waals surface area (Å²) in [5.41, 5.74) is 0.882. The predicted molar refractivity (Wildman–Crippen MR) is 160 cm³/mol. The van der Waals surface area contributed by atoms with Crippen LogP contribution in [0, 0.1) is 11.7 Å². The molecule has 1 aromatic rings. The van der Waals surface area contributed by atoms with Gasteiger partial charge in [0.15, 0.2) is 0 Å². The molecule has 1 saturated heterocycles. The van der Waals surface area contributed by atoms with E-state index in [-0.39, 0.29) is 48.2 Å². The lowest BCUT2D eigenvalue weighted by Crippen LogP contribution is -2.34. The van der Waals surface area contributed by atoms with Gasteiger partial charge in [0.05, 0.1) is 25.7 Å². The first-order valence-corrected chi connectivity index (χ1v) is 16.0. The van der Waals surface area contributed by atoms with Crippen molar-refractivity contribution in [2.24, 2.45) is 5.92 Å². The third kappa shape index (κ3) is 10.2. The number of nitrogens with zero attached hydrogens (tertiary/aromatic N) is 1. The molecule has 7 atom stereocenters. The minimum Gasteiger partial charge on any atom is -0.469 e. The van der Waals surface area contributed by atoms with Crippen LogP contribution in [0.3, 0.4) is 0 Å². The van der Waals surface area contributed by atoms with E-state index in [4.69, 9.17) is 9.47 Å². The minimum atomic E-state index is -0.733. The van der Waals surface area contributed by atoms with Gasteiger partial charge in [0.25, 0.3) is 0 Å². The molecule has 1 aromatic carbocycles. The van der Waals surface area contributed by atoms with E-state index >= 15 is 0 Å². The smallest absolute Gasteiger partial charge is 0.320 e. The number of esters is 2. The average molecular weight is 574 g/mol. The number of carbonyl (C=O) groups is 2. The van der Waals surface area contributed by atoms with Gasteiger partial charge in [-0.2, -0.15) is 0 Å². The second kappa shape index (κ2) is 17.6. The first-order valence-electron chi connectivity index (χ1n) is 16.0. The maximum atomic E-state index is 13.6. The number of benzene rings is 1. The third-order valence-corrected chi connectivity index (χ3v) is 8.83. The van der Waals surface area contributed by atoms with Crippen LogP contribution in [0.25, 0.3) is 0 Å². The topological polar surface area (TPSA) is 75.8 Å². The molecule has 230 valence electrons. The quantitative estimate of drug-likeness (QED) is 0.0824.